The molecule has 1 heterocycles. The van der Waals surface area contributed by atoms with Gasteiger partial charge in [-0.25, -0.2) is 0 Å². The third kappa shape index (κ3) is 2.48. The van der Waals surface area contributed by atoms with E-state index in [1.54, 1.807) is 0 Å². The quantitative estimate of drug-likeness (QED) is 0.670. The second kappa shape index (κ2) is 5.79. The predicted molar refractivity (Wildman–Crippen MR) is 99.6 cm³/mol. The number of carbonyl (C=O) groups is 1. The summed E-state index contributed by atoms with van der Waals surface area (Å²) in [6.07, 6.45) is 0.506. The van der Waals surface area contributed by atoms with Gasteiger partial charge in [0.15, 0.2) is 0 Å². The van der Waals surface area contributed by atoms with E-state index in [2.05, 4.69) is 67.7 Å². The molecule has 0 spiro atoms. The zero-order chi connectivity index (χ0) is 16.7. The number of anilines is 1. The van der Waals surface area contributed by atoms with Gasteiger partial charge in [0.25, 0.3) is 0 Å². The first-order valence-corrected chi connectivity index (χ1v) is 8.55. The predicted octanol–water partition coefficient (Wildman–Crippen LogP) is 5.44. The van der Waals surface area contributed by atoms with Crippen LogP contribution in [0, 0.1) is 0 Å². The molecular formula is C22H21NO. The minimum Gasteiger partial charge on any atom is -0.325 e. The second-order valence-electron chi connectivity index (χ2n) is 6.88. The summed E-state index contributed by atoms with van der Waals surface area (Å²) >= 11 is 0. The Balaban J connectivity index is 1.84. The van der Waals surface area contributed by atoms with Gasteiger partial charge in [-0.1, -0.05) is 74.5 Å². The summed E-state index contributed by atoms with van der Waals surface area (Å²) in [5, 5.41) is 5.37. The van der Waals surface area contributed by atoms with E-state index >= 15 is 0 Å². The molecule has 1 amide bonds. The Morgan fingerprint density at radius 3 is 2.46 bits per heavy atom. The molecule has 2 heteroatoms. The highest BCUT2D eigenvalue weighted by molar-refractivity contribution is 6.06. The summed E-state index contributed by atoms with van der Waals surface area (Å²) in [5.74, 6) is 0.737. The second-order valence-corrected chi connectivity index (χ2v) is 6.88. The van der Waals surface area contributed by atoms with Gasteiger partial charge < -0.3 is 5.32 Å². The van der Waals surface area contributed by atoms with Crippen molar-refractivity contribution in [2.24, 2.45) is 0 Å². The molecule has 0 bridgehead atoms. The lowest BCUT2D eigenvalue weighted by Crippen LogP contribution is -2.23. The van der Waals surface area contributed by atoms with E-state index in [9.17, 15) is 4.79 Å². The fourth-order valence-corrected chi connectivity index (χ4v) is 3.61. The maximum absolute atomic E-state index is 12.3. The minimum absolute atomic E-state index is 0.0942. The molecule has 1 aliphatic rings. The maximum atomic E-state index is 12.3. The average molecular weight is 315 g/mol. The van der Waals surface area contributed by atoms with Crippen molar-refractivity contribution in [2.45, 2.75) is 32.1 Å². The van der Waals surface area contributed by atoms with E-state index in [0.717, 1.165) is 16.5 Å². The van der Waals surface area contributed by atoms with Crippen LogP contribution in [-0.2, 0) is 4.79 Å². The van der Waals surface area contributed by atoms with Gasteiger partial charge in [0.1, 0.15) is 0 Å². The number of benzene rings is 3. The SMILES string of the molecule is CC(C)c1ccc([C@@H]2CC(=O)Nc3c2ccc2ccccc32)cc1. The topological polar surface area (TPSA) is 29.1 Å². The van der Waals surface area contributed by atoms with Crippen molar-refractivity contribution in [3.05, 3.63) is 77.4 Å². The van der Waals surface area contributed by atoms with Crippen molar-refractivity contribution in [1.29, 1.82) is 0 Å². The Morgan fingerprint density at radius 1 is 0.958 bits per heavy atom. The molecule has 0 aromatic heterocycles. The Hall–Kier alpha value is -2.61. The van der Waals surface area contributed by atoms with Gasteiger partial charge in [0, 0.05) is 17.7 Å². The molecule has 0 saturated heterocycles. The van der Waals surface area contributed by atoms with E-state index in [1.807, 2.05) is 12.1 Å². The number of carbonyl (C=O) groups excluding carboxylic acids is 1. The van der Waals surface area contributed by atoms with Crippen LogP contribution in [0.2, 0.25) is 0 Å². The maximum Gasteiger partial charge on any atom is 0.225 e. The molecule has 3 aromatic carbocycles. The highest BCUT2D eigenvalue weighted by Gasteiger charge is 2.27. The standard InChI is InChI=1S/C22H21NO/c1-14(2)15-7-9-17(10-8-15)20-13-21(24)23-22-18-6-4-3-5-16(18)11-12-19(20)22/h3-12,14,20H,13H2,1-2H3,(H,23,24)/t20-/m0/s1. The van der Waals surface area contributed by atoms with E-state index in [-0.39, 0.29) is 11.8 Å². The van der Waals surface area contributed by atoms with Gasteiger partial charge in [-0.05, 0) is 28.0 Å². The average Bonchev–Trinajstić information content (AvgIpc) is 2.61. The van der Waals surface area contributed by atoms with Crippen molar-refractivity contribution < 1.29 is 4.79 Å². The first-order chi connectivity index (χ1) is 11.6. The Kier molecular flexibility index (Phi) is 3.61. The van der Waals surface area contributed by atoms with Crippen LogP contribution >= 0.6 is 0 Å². The largest absolute Gasteiger partial charge is 0.325 e. The number of nitrogens with one attached hydrogen (secondary N) is 1. The molecule has 0 aliphatic carbocycles. The van der Waals surface area contributed by atoms with Crippen LogP contribution in [0.15, 0.2) is 60.7 Å². The van der Waals surface area contributed by atoms with Crippen LogP contribution in [0.25, 0.3) is 10.8 Å². The lowest BCUT2D eigenvalue weighted by atomic mass is 9.83. The molecule has 24 heavy (non-hydrogen) atoms. The van der Waals surface area contributed by atoms with Crippen molar-refractivity contribution in [1.82, 2.24) is 0 Å². The highest BCUT2D eigenvalue weighted by atomic mass is 16.1. The summed E-state index contributed by atoms with van der Waals surface area (Å²) in [6.45, 7) is 4.40. The molecule has 1 atom stereocenters. The molecule has 2 nitrogen and oxygen atoms in total. The molecule has 3 aromatic rings. The molecule has 0 unspecified atom stereocenters. The van der Waals surface area contributed by atoms with Crippen molar-refractivity contribution in [3.63, 3.8) is 0 Å². The van der Waals surface area contributed by atoms with Gasteiger partial charge in [-0.2, -0.15) is 0 Å². The summed E-state index contributed by atoms with van der Waals surface area (Å²) in [4.78, 5) is 12.3. The third-order valence-corrected chi connectivity index (χ3v) is 5.00. The van der Waals surface area contributed by atoms with E-state index < -0.39 is 0 Å². The van der Waals surface area contributed by atoms with Gasteiger partial charge in [0.2, 0.25) is 5.91 Å². The minimum atomic E-state index is 0.0942. The molecule has 0 fully saturated rings. The molecule has 0 saturated carbocycles. The zero-order valence-corrected chi connectivity index (χ0v) is 14.0. The van der Waals surface area contributed by atoms with E-state index in [4.69, 9.17) is 0 Å². The smallest absolute Gasteiger partial charge is 0.225 e. The Labute approximate surface area is 142 Å². The Morgan fingerprint density at radius 2 is 1.71 bits per heavy atom. The monoisotopic (exact) mass is 315 g/mol. The molecule has 0 radical (unpaired) electrons. The number of hydrogen-bond acceptors (Lipinski definition) is 1. The highest BCUT2D eigenvalue weighted by Crippen LogP contribution is 2.41. The van der Waals surface area contributed by atoms with E-state index in [1.165, 1.54) is 16.7 Å². The van der Waals surface area contributed by atoms with Crippen molar-refractivity contribution >= 4 is 22.4 Å². The fourth-order valence-electron chi connectivity index (χ4n) is 3.61. The van der Waals surface area contributed by atoms with E-state index in [0.29, 0.717) is 12.3 Å². The first-order valence-electron chi connectivity index (χ1n) is 8.55. The lowest BCUT2D eigenvalue weighted by molar-refractivity contribution is -0.116. The number of rotatable bonds is 2. The molecule has 1 aliphatic heterocycles. The third-order valence-electron chi connectivity index (χ3n) is 5.00. The van der Waals surface area contributed by atoms with Gasteiger partial charge in [0.05, 0.1) is 5.69 Å². The van der Waals surface area contributed by atoms with Crippen LogP contribution in [0.1, 0.15) is 48.8 Å². The molecular weight excluding hydrogens is 294 g/mol. The van der Waals surface area contributed by atoms with Gasteiger partial charge >= 0.3 is 0 Å². The number of fused-ring (bicyclic) bond motifs is 3. The van der Waals surface area contributed by atoms with Crippen molar-refractivity contribution in [2.75, 3.05) is 5.32 Å². The first kappa shape index (κ1) is 14.9. The molecule has 120 valence electrons. The number of hydrogen-bond donors (Lipinski definition) is 1. The van der Waals surface area contributed by atoms with Crippen LogP contribution in [-0.4, -0.2) is 5.91 Å². The normalized spacial score (nSPS) is 17.0. The van der Waals surface area contributed by atoms with Crippen molar-refractivity contribution in [3.8, 4) is 0 Å². The van der Waals surface area contributed by atoms with Gasteiger partial charge in [-0.3, -0.25) is 4.79 Å². The van der Waals surface area contributed by atoms with Crippen LogP contribution < -0.4 is 5.32 Å². The summed E-state index contributed by atoms with van der Waals surface area (Å²) in [7, 11) is 0. The van der Waals surface area contributed by atoms with Crippen LogP contribution in [0.3, 0.4) is 0 Å². The van der Waals surface area contributed by atoms with Crippen LogP contribution in [0.5, 0.6) is 0 Å². The summed E-state index contributed by atoms with van der Waals surface area (Å²) in [5.41, 5.74) is 4.73. The summed E-state index contributed by atoms with van der Waals surface area (Å²) in [6, 6.07) is 21.3. The molecule has 1 N–H and O–H groups in total. The fraction of sp³-hybridized carbons (Fsp3) is 0.227. The summed E-state index contributed by atoms with van der Waals surface area (Å²) < 4.78 is 0. The van der Waals surface area contributed by atoms with Crippen LogP contribution in [0.4, 0.5) is 5.69 Å². The number of amides is 1. The van der Waals surface area contributed by atoms with Gasteiger partial charge in [-0.15, -0.1) is 0 Å². The molecule has 4 rings (SSSR count). The lowest BCUT2D eigenvalue weighted by Gasteiger charge is -2.27. The Bertz CT molecular complexity index is 909. The zero-order valence-electron chi connectivity index (χ0n) is 14.0.